The summed E-state index contributed by atoms with van der Waals surface area (Å²) in [4.78, 5) is 23.1. The second-order valence-corrected chi connectivity index (χ2v) is 5.76. The normalized spacial score (nSPS) is 10.5. The summed E-state index contributed by atoms with van der Waals surface area (Å²) in [7, 11) is 0. The van der Waals surface area contributed by atoms with Crippen molar-refractivity contribution >= 4 is 28.9 Å². The molecule has 7 heteroatoms. The van der Waals surface area contributed by atoms with Crippen LogP contribution in [0.5, 0.6) is 0 Å². The molecule has 1 heterocycles. The van der Waals surface area contributed by atoms with Gasteiger partial charge < -0.3 is 9.73 Å². The van der Waals surface area contributed by atoms with Gasteiger partial charge in [0.25, 0.3) is 11.6 Å². The number of halogens is 1. The molecule has 0 radical (unpaired) electrons. The van der Waals surface area contributed by atoms with Crippen molar-refractivity contribution in [1.29, 1.82) is 0 Å². The Labute approximate surface area is 148 Å². The molecular formula is C18H13ClN2O4. The van der Waals surface area contributed by atoms with E-state index in [4.69, 9.17) is 16.0 Å². The van der Waals surface area contributed by atoms with Crippen LogP contribution in [0.1, 0.15) is 16.1 Å². The lowest BCUT2D eigenvalue weighted by atomic mass is 10.1. The lowest BCUT2D eigenvalue weighted by Gasteiger charge is -2.03. The van der Waals surface area contributed by atoms with E-state index in [1.807, 2.05) is 6.07 Å². The average molecular weight is 357 g/mol. The summed E-state index contributed by atoms with van der Waals surface area (Å²) in [6, 6.07) is 14.7. The van der Waals surface area contributed by atoms with Crippen molar-refractivity contribution in [3.8, 4) is 11.3 Å². The molecule has 2 aromatic carbocycles. The number of amides is 1. The van der Waals surface area contributed by atoms with Crippen molar-refractivity contribution in [3.05, 3.63) is 81.1 Å². The summed E-state index contributed by atoms with van der Waals surface area (Å²) in [6.45, 7) is 1.63. The van der Waals surface area contributed by atoms with Gasteiger partial charge in [-0.1, -0.05) is 29.8 Å². The summed E-state index contributed by atoms with van der Waals surface area (Å²) < 4.78 is 5.58. The van der Waals surface area contributed by atoms with Gasteiger partial charge in [-0.2, -0.15) is 0 Å². The smallest absolute Gasteiger partial charge is 0.281 e. The fraction of sp³-hybridized carbons (Fsp3) is 0.0556. The number of nitrogens with one attached hydrogen (secondary N) is 1. The highest BCUT2D eigenvalue weighted by molar-refractivity contribution is 6.30. The van der Waals surface area contributed by atoms with Crippen LogP contribution in [0.15, 0.2) is 59.0 Å². The Balaban J connectivity index is 1.96. The summed E-state index contributed by atoms with van der Waals surface area (Å²) in [5.41, 5.74) is 1.03. The highest BCUT2D eigenvalue weighted by Crippen LogP contribution is 2.34. The molecule has 0 aliphatic rings. The van der Waals surface area contributed by atoms with Gasteiger partial charge in [0, 0.05) is 16.8 Å². The molecule has 1 amide bonds. The summed E-state index contributed by atoms with van der Waals surface area (Å²) in [6.07, 6.45) is 0. The van der Waals surface area contributed by atoms with Gasteiger partial charge in [-0.05, 0) is 37.3 Å². The Morgan fingerprint density at radius 2 is 1.88 bits per heavy atom. The SMILES string of the molecule is Cc1oc(-c2ccc(Cl)cc2[N+](=O)[O-])cc1C(=O)Nc1ccccc1. The molecule has 0 unspecified atom stereocenters. The number of nitro benzene ring substituents is 1. The van der Waals surface area contributed by atoms with Crippen LogP contribution in [-0.2, 0) is 0 Å². The van der Waals surface area contributed by atoms with Gasteiger partial charge in [0.15, 0.2) is 0 Å². The predicted molar refractivity (Wildman–Crippen MR) is 94.9 cm³/mol. The van der Waals surface area contributed by atoms with E-state index in [2.05, 4.69) is 5.32 Å². The Bertz CT molecular complexity index is 951. The largest absolute Gasteiger partial charge is 0.460 e. The molecule has 6 nitrogen and oxygen atoms in total. The van der Waals surface area contributed by atoms with E-state index < -0.39 is 4.92 Å². The molecule has 25 heavy (non-hydrogen) atoms. The molecule has 1 aromatic heterocycles. The van der Waals surface area contributed by atoms with Crippen molar-refractivity contribution in [2.24, 2.45) is 0 Å². The lowest BCUT2D eigenvalue weighted by Crippen LogP contribution is -2.11. The highest BCUT2D eigenvalue weighted by atomic mass is 35.5. The van der Waals surface area contributed by atoms with E-state index in [9.17, 15) is 14.9 Å². The van der Waals surface area contributed by atoms with Gasteiger partial charge in [-0.3, -0.25) is 14.9 Å². The third-order valence-corrected chi connectivity index (χ3v) is 3.85. The maximum Gasteiger partial charge on any atom is 0.281 e. The molecule has 0 aliphatic carbocycles. The number of carbonyl (C=O) groups excluding carboxylic acids is 1. The van der Waals surface area contributed by atoms with E-state index in [1.54, 1.807) is 31.2 Å². The van der Waals surface area contributed by atoms with Gasteiger partial charge in [0.05, 0.1) is 16.1 Å². The molecule has 0 saturated carbocycles. The van der Waals surface area contributed by atoms with Crippen LogP contribution in [0.3, 0.4) is 0 Å². The number of rotatable bonds is 4. The lowest BCUT2D eigenvalue weighted by molar-refractivity contribution is -0.384. The van der Waals surface area contributed by atoms with E-state index in [0.717, 1.165) is 0 Å². The summed E-state index contributed by atoms with van der Waals surface area (Å²) >= 11 is 5.83. The number of nitro groups is 1. The monoisotopic (exact) mass is 356 g/mol. The number of carbonyl (C=O) groups is 1. The van der Waals surface area contributed by atoms with Gasteiger partial charge in [0.2, 0.25) is 0 Å². The number of hydrogen-bond acceptors (Lipinski definition) is 4. The fourth-order valence-electron chi connectivity index (χ4n) is 2.42. The molecule has 3 aromatic rings. The quantitative estimate of drug-likeness (QED) is 0.522. The topological polar surface area (TPSA) is 85.4 Å². The van der Waals surface area contributed by atoms with Crippen LogP contribution in [0.25, 0.3) is 11.3 Å². The Morgan fingerprint density at radius 1 is 1.16 bits per heavy atom. The average Bonchev–Trinajstić information content (AvgIpc) is 2.97. The summed E-state index contributed by atoms with van der Waals surface area (Å²) in [5.74, 6) is 0.252. The zero-order chi connectivity index (χ0) is 18.0. The third-order valence-electron chi connectivity index (χ3n) is 3.62. The van der Waals surface area contributed by atoms with E-state index in [1.165, 1.54) is 24.3 Å². The van der Waals surface area contributed by atoms with Crippen LogP contribution < -0.4 is 5.32 Å². The van der Waals surface area contributed by atoms with E-state index >= 15 is 0 Å². The molecule has 3 rings (SSSR count). The number of aryl methyl sites for hydroxylation is 1. The molecule has 0 saturated heterocycles. The molecule has 1 N–H and O–H groups in total. The van der Waals surface area contributed by atoms with Crippen molar-refractivity contribution in [3.63, 3.8) is 0 Å². The van der Waals surface area contributed by atoms with E-state index in [0.29, 0.717) is 17.0 Å². The molecule has 0 bridgehead atoms. The Hall–Kier alpha value is -3.12. The minimum Gasteiger partial charge on any atom is -0.460 e. The van der Waals surface area contributed by atoms with Crippen molar-refractivity contribution in [2.75, 3.05) is 5.32 Å². The van der Waals surface area contributed by atoms with Gasteiger partial charge >= 0.3 is 0 Å². The zero-order valence-corrected chi connectivity index (χ0v) is 13.9. The zero-order valence-electron chi connectivity index (χ0n) is 13.2. The van der Waals surface area contributed by atoms with Gasteiger partial charge in [-0.25, -0.2) is 0 Å². The standard InChI is InChI=1S/C18H13ClN2O4/c1-11-15(18(22)20-13-5-3-2-4-6-13)10-17(25-11)14-8-7-12(19)9-16(14)21(23)24/h2-10H,1H3,(H,20,22). The van der Waals surface area contributed by atoms with Crippen LogP contribution in [0.4, 0.5) is 11.4 Å². The molecular weight excluding hydrogens is 344 g/mol. The van der Waals surface area contributed by atoms with Crippen molar-refractivity contribution in [1.82, 2.24) is 0 Å². The minimum atomic E-state index is -0.539. The maximum absolute atomic E-state index is 12.4. The van der Waals surface area contributed by atoms with Gasteiger partial charge in [0.1, 0.15) is 11.5 Å². The van der Waals surface area contributed by atoms with Crippen LogP contribution >= 0.6 is 11.6 Å². The van der Waals surface area contributed by atoms with Gasteiger partial charge in [-0.15, -0.1) is 0 Å². The maximum atomic E-state index is 12.4. The number of para-hydroxylation sites is 1. The molecule has 0 spiro atoms. The van der Waals surface area contributed by atoms with Crippen LogP contribution in [-0.4, -0.2) is 10.8 Å². The predicted octanol–water partition coefficient (Wildman–Crippen LogP) is 5.07. The molecule has 126 valence electrons. The van der Waals surface area contributed by atoms with E-state index in [-0.39, 0.29) is 27.9 Å². The second kappa shape index (κ2) is 6.78. The molecule has 0 atom stereocenters. The minimum absolute atomic E-state index is 0.184. The number of nitrogens with zero attached hydrogens (tertiary/aromatic N) is 1. The molecule has 0 aliphatic heterocycles. The first-order chi connectivity index (χ1) is 12.0. The first-order valence-electron chi connectivity index (χ1n) is 7.37. The first-order valence-corrected chi connectivity index (χ1v) is 7.74. The number of hydrogen-bond donors (Lipinski definition) is 1. The Morgan fingerprint density at radius 3 is 2.56 bits per heavy atom. The van der Waals surface area contributed by atoms with Crippen LogP contribution in [0.2, 0.25) is 5.02 Å². The van der Waals surface area contributed by atoms with Crippen molar-refractivity contribution in [2.45, 2.75) is 6.92 Å². The Kier molecular flexibility index (Phi) is 4.54. The summed E-state index contributed by atoms with van der Waals surface area (Å²) in [5, 5.41) is 14.2. The first kappa shape index (κ1) is 16.7. The number of furan rings is 1. The van der Waals surface area contributed by atoms with Crippen LogP contribution in [0, 0.1) is 17.0 Å². The second-order valence-electron chi connectivity index (χ2n) is 5.32. The fourth-order valence-corrected chi connectivity index (χ4v) is 2.59. The highest BCUT2D eigenvalue weighted by Gasteiger charge is 2.22. The van der Waals surface area contributed by atoms with Crippen molar-refractivity contribution < 1.29 is 14.1 Å². The molecule has 0 fully saturated rings. The third kappa shape index (κ3) is 3.54. The number of anilines is 1. The number of benzene rings is 2.